The molecule has 2 aromatic heterocycles. The van der Waals surface area contributed by atoms with Gasteiger partial charge in [0.1, 0.15) is 11.6 Å². The van der Waals surface area contributed by atoms with Crippen LogP contribution in [0.4, 0.5) is 11.5 Å². The summed E-state index contributed by atoms with van der Waals surface area (Å²) in [6.45, 7) is 6.37. The number of aromatic nitrogens is 3. The zero-order valence-corrected chi connectivity index (χ0v) is 21.8. The molecule has 3 aromatic rings. The van der Waals surface area contributed by atoms with Crippen LogP contribution < -0.4 is 10.6 Å². The number of carbonyl (C=O) groups excluding carboxylic acids is 1. The normalized spacial score (nSPS) is 19.6. The van der Waals surface area contributed by atoms with Gasteiger partial charge in [-0.2, -0.15) is 0 Å². The summed E-state index contributed by atoms with van der Waals surface area (Å²) in [6.07, 6.45) is 8.28. The van der Waals surface area contributed by atoms with Crippen LogP contribution in [0.25, 0.3) is 11.4 Å². The largest absolute Gasteiger partial charge is 0.398 e. The molecule has 36 heavy (non-hydrogen) atoms. The van der Waals surface area contributed by atoms with Crippen LogP contribution in [0.1, 0.15) is 36.5 Å². The van der Waals surface area contributed by atoms with Crippen molar-refractivity contribution < 1.29 is 4.79 Å². The summed E-state index contributed by atoms with van der Waals surface area (Å²) < 4.78 is 0. The lowest BCUT2D eigenvalue weighted by Gasteiger charge is -2.47. The minimum Gasteiger partial charge on any atom is -0.398 e. The number of H-pyrrole nitrogens is 1. The van der Waals surface area contributed by atoms with Crippen molar-refractivity contribution in [3.63, 3.8) is 0 Å². The molecule has 0 bridgehead atoms. The third kappa shape index (κ3) is 5.03. The Morgan fingerprint density at radius 3 is 2.61 bits per heavy atom. The lowest BCUT2D eigenvalue weighted by atomic mass is 9.97. The Hall–Kier alpha value is -2.81. The number of hydrogen-bond donors (Lipinski definition) is 2. The van der Waals surface area contributed by atoms with E-state index in [2.05, 4.69) is 31.7 Å². The molecule has 0 aliphatic carbocycles. The molecule has 0 unspecified atom stereocenters. The van der Waals surface area contributed by atoms with Crippen molar-refractivity contribution in [2.24, 2.45) is 0 Å². The molecule has 2 fully saturated rings. The van der Waals surface area contributed by atoms with E-state index in [1.165, 1.54) is 0 Å². The number of imidazole rings is 1. The number of piperidine rings is 1. The topological polar surface area (TPSA) is 94.4 Å². The molecular weight excluding hydrogens is 497 g/mol. The van der Waals surface area contributed by atoms with E-state index in [0.717, 1.165) is 69.2 Å². The van der Waals surface area contributed by atoms with Crippen LogP contribution in [0, 0.1) is 0 Å². The van der Waals surface area contributed by atoms with Crippen molar-refractivity contribution in [3.8, 4) is 11.4 Å². The first kappa shape index (κ1) is 24.9. The molecule has 5 rings (SSSR count). The summed E-state index contributed by atoms with van der Waals surface area (Å²) in [5.74, 6) is 1.57. The van der Waals surface area contributed by atoms with Crippen LogP contribution in [-0.2, 0) is 0 Å². The Bertz CT molecular complexity index is 1210. The number of halogens is 2. The Kier molecular flexibility index (Phi) is 7.37. The molecule has 1 atom stereocenters. The van der Waals surface area contributed by atoms with Gasteiger partial charge in [0, 0.05) is 79.7 Å². The summed E-state index contributed by atoms with van der Waals surface area (Å²) in [6, 6.07) is 7.86. The highest BCUT2D eigenvalue weighted by Gasteiger charge is 2.35. The van der Waals surface area contributed by atoms with Gasteiger partial charge in [-0.25, -0.2) is 9.97 Å². The van der Waals surface area contributed by atoms with Gasteiger partial charge >= 0.3 is 0 Å². The first-order valence-electron chi connectivity index (χ1n) is 12.4. The molecule has 8 nitrogen and oxygen atoms in total. The number of rotatable bonds is 5. The minimum atomic E-state index is -0.0156. The van der Waals surface area contributed by atoms with Gasteiger partial charge in [-0.05, 0) is 43.5 Å². The van der Waals surface area contributed by atoms with Crippen LogP contribution in [0.15, 0.2) is 42.9 Å². The van der Waals surface area contributed by atoms with Crippen LogP contribution in [-0.4, -0.2) is 75.5 Å². The van der Waals surface area contributed by atoms with E-state index < -0.39 is 0 Å². The quantitative estimate of drug-likeness (QED) is 0.472. The second-order valence-electron chi connectivity index (χ2n) is 9.47. The first-order valence-corrected chi connectivity index (χ1v) is 13.2. The Labute approximate surface area is 221 Å². The minimum absolute atomic E-state index is 0.0156. The van der Waals surface area contributed by atoms with Crippen LogP contribution in [0.2, 0.25) is 10.0 Å². The number of likely N-dealkylation sites (tertiary alicyclic amines) is 1. The van der Waals surface area contributed by atoms with Gasteiger partial charge in [-0.15, -0.1) is 0 Å². The third-order valence-electron chi connectivity index (χ3n) is 7.36. The highest BCUT2D eigenvalue weighted by molar-refractivity contribution is 6.33. The molecule has 1 aromatic carbocycles. The molecular formula is C26H31Cl2N7O. The molecule has 2 aliphatic rings. The molecule has 3 N–H and O–H groups in total. The second-order valence-corrected chi connectivity index (χ2v) is 10.3. The number of piperazine rings is 1. The summed E-state index contributed by atoms with van der Waals surface area (Å²) in [4.78, 5) is 31.9. The maximum Gasteiger partial charge on any atom is 0.255 e. The van der Waals surface area contributed by atoms with Gasteiger partial charge in [0.25, 0.3) is 5.91 Å². The van der Waals surface area contributed by atoms with Crippen molar-refractivity contribution in [2.75, 3.05) is 43.4 Å². The number of nitrogen functional groups attached to an aromatic ring is 1. The number of hydrogen-bond acceptors (Lipinski definition) is 6. The molecule has 4 heterocycles. The van der Waals surface area contributed by atoms with E-state index in [4.69, 9.17) is 28.9 Å². The number of carbonyl (C=O) groups is 1. The highest BCUT2D eigenvalue weighted by Crippen LogP contribution is 2.31. The zero-order chi connectivity index (χ0) is 25.2. The van der Waals surface area contributed by atoms with Crippen molar-refractivity contribution >= 4 is 40.6 Å². The van der Waals surface area contributed by atoms with Gasteiger partial charge in [0.15, 0.2) is 0 Å². The van der Waals surface area contributed by atoms with E-state index in [-0.39, 0.29) is 5.91 Å². The summed E-state index contributed by atoms with van der Waals surface area (Å²) in [5.41, 5.74) is 7.89. The number of nitrogens with zero attached hydrogens (tertiary/aromatic N) is 5. The second kappa shape index (κ2) is 10.7. The Morgan fingerprint density at radius 1 is 1.14 bits per heavy atom. The molecule has 0 radical (unpaired) electrons. The molecule has 2 saturated heterocycles. The van der Waals surface area contributed by atoms with Gasteiger partial charge < -0.3 is 20.5 Å². The smallest absolute Gasteiger partial charge is 0.255 e. The Morgan fingerprint density at radius 2 is 1.94 bits per heavy atom. The van der Waals surface area contributed by atoms with E-state index in [9.17, 15) is 4.79 Å². The highest BCUT2D eigenvalue weighted by atomic mass is 35.5. The Balaban J connectivity index is 1.21. The number of nitrogens with two attached hydrogens (primary N) is 1. The molecule has 0 saturated carbocycles. The number of amides is 1. The zero-order valence-electron chi connectivity index (χ0n) is 20.3. The number of pyridine rings is 1. The number of nitrogens with one attached hydrogen (secondary N) is 1. The predicted octanol–water partition coefficient (Wildman–Crippen LogP) is 4.57. The molecule has 2 aliphatic heterocycles. The molecule has 190 valence electrons. The van der Waals surface area contributed by atoms with Crippen LogP contribution in [0.5, 0.6) is 0 Å². The van der Waals surface area contributed by atoms with E-state index in [1.54, 1.807) is 30.6 Å². The summed E-state index contributed by atoms with van der Waals surface area (Å²) >= 11 is 12.7. The molecule has 10 heteroatoms. The third-order valence-corrected chi connectivity index (χ3v) is 7.87. The van der Waals surface area contributed by atoms with E-state index in [0.29, 0.717) is 33.4 Å². The van der Waals surface area contributed by atoms with Crippen molar-refractivity contribution in [1.29, 1.82) is 0 Å². The fraction of sp³-hybridized carbons (Fsp3) is 0.423. The van der Waals surface area contributed by atoms with Crippen molar-refractivity contribution in [3.05, 3.63) is 58.5 Å². The monoisotopic (exact) mass is 527 g/mol. The number of benzene rings is 1. The van der Waals surface area contributed by atoms with Crippen molar-refractivity contribution in [1.82, 2.24) is 24.8 Å². The van der Waals surface area contributed by atoms with Gasteiger partial charge in [0.05, 0.1) is 10.6 Å². The fourth-order valence-corrected chi connectivity index (χ4v) is 5.89. The number of aromatic amines is 1. The SMILES string of the molecule is CC[C@H]1CN(c2ncc(-c3ncc[nH]3)cc2Cl)CCN1C1CCN(C(=O)c2ccc(Cl)cc2N)CC1. The maximum atomic E-state index is 13.0. The fourth-order valence-electron chi connectivity index (χ4n) is 5.42. The predicted molar refractivity (Wildman–Crippen MR) is 145 cm³/mol. The lowest BCUT2D eigenvalue weighted by molar-refractivity contribution is 0.0491. The average molecular weight is 528 g/mol. The number of anilines is 2. The molecule has 1 amide bonds. The van der Waals surface area contributed by atoms with Gasteiger partial charge in [0.2, 0.25) is 0 Å². The molecule has 0 spiro atoms. The van der Waals surface area contributed by atoms with Crippen LogP contribution >= 0.6 is 23.2 Å². The standard InChI is InChI=1S/C26H31Cl2N7O/c1-2-19-16-34(25-22(28)13-17(15-32-25)24-30-7-8-31-24)11-12-35(19)20-5-9-33(10-6-20)26(36)21-4-3-18(27)14-23(21)29/h3-4,7-8,13-15,19-20H,2,5-6,9-12,16,29H2,1H3,(H,30,31)/t19-/m0/s1. The van der Waals surface area contributed by atoms with E-state index >= 15 is 0 Å². The van der Waals surface area contributed by atoms with Crippen LogP contribution in [0.3, 0.4) is 0 Å². The van der Waals surface area contributed by atoms with Gasteiger partial charge in [-0.1, -0.05) is 30.1 Å². The first-order chi connectivity index (χ1) is 17.4. The van der Waals surface area contributed by atoms with Crippen molar-refractivity contribution in [2.45, 2.75) is 38.3 Å². The summed E-state index contributed by atoms with van der Waals surface area (Å²) in [5, 5.41) is 1.18. The average Bonchev–Trinajstić information content (AvgIpc) is 3.43. The lowest BCUT2D eigenvalue weighted by Crippen LogP contribution is -2.58. The maximum absolute atomic E-state index is 13.0. The van der Waals surface area contributed by atoms with Gasteiger partial charge in [-0.3, -0.25) is 9.69 Å². The van der Waals surface area contributed by atoms with E-state index in [1.807, 2.05) is 17.2 Å². The summed E-state index contributed by atoms with van der Waals surface area (Å²) in [7, 11) is 0.